The molecule has 1 aromatic heterocycles. The molecule has 2 saturated heterocycles. The van der Waals surface area contributed by atoms with E-state index < -0.39 is 0 Å². The highest BCUT2D eigenvalue weighted by molar-refractivity contribution is 7.80. The minimum atomic E-state index is -0.101. The Hall–Kier alpha value is -2.43. The van der Waals surface area contributed by atoms with Crippen molar-refractivity contribution in [3.63, 3.8) is 0 Å². The number of rotatable bonds is 7. The molecule has 0 unspecified atom stereocenters. The van der Waals surface area contributed by atoms with Gasteiger partial charge in [-0.25, -0.2) is 4.68 Å². The van der Waals surface area contributed by atoms with Crippen molar-refractivity contribution in [1.29, 1.82) is 0 Å². The quantitative estimate of drug-likeness (QED) is 0.572. The van der Waals surface area contributed by atoms with Gasteiger partial charge in [0.05, 0.1) is 39.2 Å². The lowest BCUT2D eigenvalue weighted by molar-refractivity contribution is 0.0624. The highest BCUT2D eigenvalue weighted by Gasteiger charge is 2.49. The Morgan fingerprint density at radius 3 is 2.53 bits per heavy atom. The average molecular weight is 488 g/mol. The van der Waals surface area contributed by atoms with Crippen LogP contribution in [0.5, 0.6) is 11.5 Å². The summed E-state index contributed by atoms with van der Waals surface area (Å²) < 4.78 is 24.9. The number of thiocarbonyl (C=S) groups is 1. The SMILES string of the molecule is COc1cc(NC(=S)N[C@H]2CO[C@H]3[C@@H]2OC[C@@H]3n2cc(CC3CCCCC3)nn2)cc(OC)c1. The second kappa shape index (κ2) is 10.5. The maximum absolute atomic E-state index is 6.14. The molecule has 184 valence electrons. The van der Waals surface area contributed by atoms with Crippen LogP contribution in [-0.4, -0.2) is 65.8 Å². The zero-order valence-corrected chi connectivity index (χ0v) is 20.6. The van der Waals surface area contributed by atoms with E-state index in [1.54, 1.807) is 14.2 Å². The molecule has 3 aliphatic rings. The minimum absolute atomic E-state index is 0.0218. The third-order valence-corrected chi connectivity index (χ3v) is 7.29. The van der Waals surface area contributed by atoms with Crippen LogP contribution in [0.2, 0.25) is 0 Å². The summed E-state index contributed by atoms with van der Waals surface area (Å²) in [5, 5.41) is 15.9. The molecule has 0 amide bonds. The summed E-state index contributed by atoms with van der Waals surface area (Å²) in [7, 11) is 3.24. The fourth-order valence-corrected chi connectivity index (χ4v) is 5.57. The molecular weight excluding hydrogens is 454 g/mol. The standard InChI is InChI=1S/C24H33N5O4S/c1-30-18-9-16(10-19(11-18)31-2)25-24(34)26-20-13-32-23-21(14-33-22(20)23)29-12-17(27-28-29)8-15-6-4-3-5-7-15/h9-12,15,20-23H,3-8,13-14H2,1-2H3,(H2,25,26,34)/t20-,21-,22+,23+/m0/s1. The molecule has 3 heterocycles. The third-order valence-electron chi connectivity index (χ3n) is 7.07. The van der Waals surface area contributed by atoms with Gasteiger partial charge in [-0.3, -0.25) is 0 Å². The van der Waals surface area contributed by atoms with Crippen molar-refractivity contribution in [3.8, 4) is 11.5 Å². The molecular formula is C24H33N5O4S. The fraction of sp³-hybridized carbons (Fsp3) is 0.625. The van der Waals surface area contributed by atoms with E-state index in [0.29, 0.717) is 29.8 Å². The van der Waals surface area contributed by atoms with Gasteiger partial charge >= 0.3 is 0 Å². The van der Waals surface area contributed by atoms with E-state index in [1.165, 1.54) is 32.1 Å². The number of benzene rings is 1. The Balaban J connectivity index is 1.17. The molecule has 34 heavy (non-hydrogen) atoms. The first kappa shape index (κ1) is 23.3. The molecule has 4 atom stereocenters. The number of ether oxygens (including phenoxy) is 4. The minimum Gasteiger partial charge on any atom is -0.497 e. The van der Waals surface area contributed by atoms with E-state index >= 15 is 0 Å². The topological polar surface area (TPSA) is 91.7 Å². The number of nitrogens with one attached hydrogen (secondary N) is 2. The van der Waals surface area contributed by atoms with Crippen LogP contribution in [0.3, 0.4) is 0 Å². The van der Waals surface area contributed by atoms with Crippen LogP contribution < -0.4 is 20.1 Å². The van der Waals surface area contributed by atoms with E-state index in [2.05, 4.69) is 27.1 Å². The number of aromatic nitrogens is 3. The summed E-state index contributed by atoms with van der Waals surface area (Å²) in [6.07, 6.45) is 9.56. The highest BCUT2D eigenvalue weighted by Crippen LogP contribution is 2.34. The fourth-order valence-electron chi connectivity index (χ4n) is 5.30. The number of fused-ring (bicyclic) bond motifs is 1. The van der Waals surface area contributed by atoms with Crippen LogP contribution >= 0.6 is 12.2 Å². The maximum atomic E-state index is 6.14. The van der Waals surface area contributed by atoms with Gasteiger partial charge in [-0.1, -0.05) is 37.3 Å². The average Bonchev–Trinajstić information content (AvgIpc) is 3.57. The normalized spacial score (nSPS) is 26.8. The third kappa shape index (κ3) is 5.13. The molecule has 1 aliphatic carbocycles. The van der Waals surface area contributed by atoms with E-state index in [0.717, 1.165) is 23.7 Å². The largest absolute Gasteiger partial charge is 0.497 e. The molecule has 2 N–H and O–H groups in total. The lowest BCUT2D eigenvalue weighted by atomic mass is 9.86. The summed E-state index contributed by atoms with van der Waals surface area (Å²) in [6, 6.07) is 5.51. The second-order valence-corrected chi connectivity index (χ2v) is 9.78. The maximum Gasteiger partial charge on any atom is 0.171 e. The Labute approximate surface area is 205 Å². The van der Waals surface area contributed by atoms with Crippen LogP contribution in [0.4, 0.5) is 5.69 Å². The molecule has 1 aromatic carbocycles. The number of anilines is 1. The Kier molecular flexibility index (Phi) is 7.17. The molecule has 10 heteroatoms. The van der Waals surface area contributed by atoms with Crippen molar-refractivity contribution in [3.05, 3.63) is 30.1 Å². The smallest absolute Gasteiger partial charge is 0.171 e. The summed E-state index contributed by atoms with van der Waals surface area (Å²) in [5.41, 5.74) is 1.85. The number of hydrogen-bond acceptors (Lipinski definition) is 7. The number of hydrogen-bond donors (Lipinski definition) is 2. The Morgan fingerprint density at radius 2 is 1.79 bits per heavy atom. The van der Waals surface area contributed by atoms with Crippen molar-refractivity contribution < 1.29 is 18.9 Å². The lowest BCUT2D eigenvalue weighted by Crippen LogP contribution is -2.45. The van der Waals surface area contributed by atoms with E-state index in [-0.39, 0.29) is 24.3 Å². The number of methoxy groups -OCH3 is 2. The van der Waals surface area contributed by atoms with Gasteiger partial charge in [-0.05, 0) is 24.6 Å². The summed E-state index contributed by atoms with van der Waals surface area (Å²) in [4.78, 5) is 0. The molecule has 1 saturated carbocycles. The van der Waals surface area contributed by atoms with Crippen molar-refractivity contribution in [2.75, 3.05) is 32.8 Å². The van der Waals surface area contributed by atoms with Crippen molar-refractivity contribution in [2.45, 2.75) is 62.8 Å². The van der Waals surface area contributed by atoms with Crippen LogP contribution in [-0.2, 0) is 15.9 Å². The van der Waals surface area contributed by atoms with Gasteiger partial charge in [0.25, 0.3) is 0 Å². The molecule has 2 aromatic rings. The van der Waals surface area contributed by atoms with Crippen LogP contribution in [0.25, 0.3) is 0 Å². The van der Waals surface area contributed by atoms with E-state index in [9.17, 15) is 0 Å². The van der Waals surface area contributed by atoms with Gasteiger partial charge in [0.15, 0.2) is 5.11 Å². The van der Waals surface area contributed by atoms with Gasteiger partial charge < -0.3 is 29.6 Å². The second-order valence-electron chi connectivity index (χ2n) is 9.37. The highest BCUT2D eigenvalue weighted by atomic mass is 32.1. The van der Waals surface area contributed by atoms with Gasteiger partial charge in [0.2, 0.25) is 0 Å². The molecule has 3 fully saturated rings. The molecule has 0 radical (unpaired) electrons. The van der Waals surface area contributed by atoms with Crippen molar-refractivity contribution in [2.24, 2.45) is 5.92 Å². The van der Waals surface area contributed by atoms with Gasteiger partial charge in [0, 0.05) is 30.1 Å². The van der Waals surface area contributed by atoms with Crippen LogP contribution in [0, 0.1) is 5.92 Å². The monoisotopic (exact) mass is 487 g/mol. The predicted octanol–water partition coefficient (Wildman–Crippen LogP) is 3.11. The predicted molar refractivity (Wildman–Crippen MR) is 132 cm³/mol. The molecule has 0 spiro atoms. The molecule has 5 rings (SSSR count). The van der Waals surface area contributed by atoms with E-state index in [4.69, 9.17) is 31.2 Å². The Bertz CT molecular complexity index is 973. The summed E-state index contributed by atoms with van der Waals surface area (Å²) >= 11 is 5.55. The van der Waals surface area contributed by atoms with Crippen molar-refractivity contribution in [1.82, 2.24) is 20.3 Å². The zero-order valence-electron chi connectivity index (χ0n) is 19.7. The van der Waals surface area contributed by atoms with Crippen LogP contribution in [0.1, 0.15) is 43.8 Å². The number of nitrogens with zero attached hydrogens (tertiary/aromatic N) is 3. The molecule has 2 aliphatic heterocycles. The van der Waals surface area contributed by atoms with Crippen LogP contribution in [0.15, 0.2) is 24.4 Å². The van der Waals surface area contributed by atoms with Gasteiger partial charge in [0.1, 0.15) is 29.7 Å². The zero-order chi connectivity index (χ0) is 23.5. The molecule has 9 nitrogen and oxygen atoms in total. The van der Waals surface area contributed by atoms with Gasteiger partial charge in [-0.15, -0.1) is 5.10 Å². The first-order valence-corrected chi connectivity index (χ1v) is 12.5. The summed E-state index contributed by atoms with van der Waals surface area (Å²) in [6.45, 7) is 1.06. The first-order valence-electron chi connectivity index (χ1n) is 12.1. The first-order chi connectivity index (χ1) is 16.6. The summed E-state index contributed by atoms with van der Waals surface area (Å²) in [5.74, 6) is 2.11. The van der Waals surface area contributed by atoms with E-state index in [1.807, 2.05) is 22.9 Å². The van der Waals surface area contributed by atoms with Gasteiger partial charge in [-0.2, -0.15) is 0 Å². The lowest BCUT2D eigenvalue weighted by Gasteiger charge is -2.20. The van der Waals surface area contributed by atoms with Crippen molar-refractivity contribution >= 4 is 23.0 Å². The molecule has 0 bridgehead atoms. The Morgan fingerprint density at radius 1 is 1.06 bits per heavy atom.